The Morgan fingerprint density at radius 2 is 2.07 bits per heavy atom. The summed E-state index contributed by atoms with van der Waals surface area (Å²) in [5.74, 6) is -0.796. The molecular weight excluding hydrogens is 374 g/mol. The predicted molar refractivity (Wildman–Crippen MR) is 106 cm³/mol. The summed E-state index contributed by atoms with van der Waals surface area (Å²) in [5, 5.41) is 12.1. The Balaban J connectivity index is 1.80. The van der Waals surface area contributed by atoms with Crippen LogP contribution >= 0.6 is 0 Å². The molecule has 0 saturated carbocycles. The number of hydrogen-bond acceptors (Lipinski definition) is 5. The highest BCUT2D eigenvalue weighted by atomic mass is 16.4. The van der Waals surface area contributed by atoms with Crippen molar-refractivity contribution in [3.63, 3.8) is 0 Å². The van der Waals surface area contributed by atoms with Crippen molar-refractivity contribution in [3.8, 4) is 0 Å². The van der Waals surface area contributed by atoms with Gasteiger partial charge in [-0.15, -0.1) is 0 Å². The number of aliphatic carboxylic acids is 1. The van der Waals surface area contributed by atoms with Crippen LogP contribution in [0, 0.1) is 13.8 Å². The zero-order valence-electron chi connectivity index (χ0n) is 16.9. The summed E-state index contributed by atoms with van der Waals surface area (Å²) < 4.78 is 0. The second kappa shape index (κ2) is 7.94. The smallest absolute Gasteiger partial charge is 0.305 e. The van der Waals surface area contributed by atoms with Gasteiger partial charge in [-0.25, -0.2) is 4.98 Å². The van der Waals surface area contributed by atoms with Gasteiger partial charge in [-0.2, -0.15) is 0 Å². The highest BCUT2D eigenvalue weighted by Gasteiger charge is 2.29. The van der Waals surface area contributed by atoms with Crippen molar-refractivity contribution in [3.05, 3.63) is 46.5 Å². The van der Waals surface area contributed by atoms with Crippen molar-refractivity contribution in [1.82, 2.24) is 19.8 Å². The molecule has 1 unspecified atom stereocenters. The number of hydrogen-bond donors (Lipinski definition) is 3. The number of H-pyrrole nitrogens is 1. The number of anilines is 1. The minimum absolute atomic E-state index is 0.167. The average Bonchev–Trinajstić information content (AvgIpc) is 2.91. The summed E-state index contributed by atoms with van der Waals surface area (Å²) in [6.45, 7) is 4.48. The third-order valence-electron chi connectivity index (χ3n) is 5.05. The number of carbonyl (C=O) groups excluding carboxylic acids is 2. The largest absolute Gasteiger partial charge is 0.481 e. The number of carboxylic acid groups (broad SMARTS) is 1. The minimum Gasteiger partial charge on any atom is -0.481 e. The standard InChI is InChI=1S/C20H25N5O4/c1-11-12(2)22-17(21-11)10-25(4)19(28)13-5-6-15-14(7-13)9-24(3)20(29)16(23-15)8-18(26)27/h5-7,16,23H,8-10H2,1-4H3,(H,21,22)(H,26,27). The van der Waals surface area contributed by atoms with Gasteiger partial charge in [-0.05, 0) is 37.6 Å². The molecule has 1 aromatic carbocycles. The third kappa shape index (κ3) is 4.39. The lowest BCUT2D eigenvalue weighted by atomic mass is 10.1. The van der Waals surface area contributed by atoms with Gasteiger partial charge in [0.05, 0.1) is 18.7 Å². The van der Waals surface area contributed by atoms with E-state index in [1.54, 1.807) is 37.2 Å². The van der Waals surface area contributed by atoms with Gasteiger partial charge in [0.1, 0.15) is 11.9 Å². The maximum Gasteiger partial charge on any atom is 0.305 e. The van der Waals surface area contributed by atoms with E-state index >= 15 is 0 Å². The van der Waals surface area contributed by atoms with Crippen molar-refractivity contribution in [2.24, 2.45) is 0 Å². The number of aryl methyl sites for hydroxylation is 2. The number of aromatic amines is 1. The number of benzene rings is 1. The molecular formula is C20H25N5O4. The van der Waals surface area contributed by atoms with Crippen molar-refractivity contribution >= 4 is 23.5 Å². The monoisotopic (exact) mass is 399 g/mol. The number of aromatic nitrogens is 2. The van der Waals surface area contributed by atoms with Crippen LogP contribution in [0.3, 0.4) is 0 Å². The molecule has 1 atom stereocenters. The molecule has 2 amide bonds. The van der Waals surface area contributed by atoms with Crippen LogP contribution in [0.15, 0.2) is 18.2 Å². The van der Waals surface area contributed by atoms with Gasteiger partial charge < -0.3 is 25.2 Å². The number of imidazole rings is 1. The van der Waals surface area contributed by atoms with E-state index < -0.39 is 12.0 Å². The summed E-state index contributed by atoms with van der Waals surface area (Å²) in [7, 11) is 3.33. The first-order valence-electron chi connectivity index (χ1n) is 9.29. The van der Waals surface area contributed by atoms with Gasteiger partial charge in [0.2, 0.25) is 5.91 Å². The molecule has 0 fully saturated rings. The minimum atomic E-state index is -1.05. The molecule has 0 aliphatic carbocycles. The van der Waals surface area contributed by atoms with Gasteiger partial charge in [-0.1, -0.05) is 0 Å². The van der Waals surface area contributed by atoms with Crippen molar-refractivity contribution in [1.29, 1.82) is 0 Å². The highest BCUT2D eigenvalue weighted by molar-refractivity contribution is 5.95. The number of carboxylic acids is 1. The first-order chi connectivity index (χ1) is 13.7. The molecule has 9 heteroatoms. The van der Waals surface area contributed by atoms with E-state index in [1.807, 2.05) is 13.8 Å². The molecule has 29 heavy (non-hydrogen) atoms. The molecule has 2 heterocycles. The number of carbonyl (C=O) groups is 3. The normalized spacial score (nSPS) is 16.1. The van der Waals surface area contributed by atoms with E-state index in [2.05, 4.69) is 15.3 Å². The van der Waals surface area contributed by atoms with Crippen LogP contribution in [0.4, 0.5) is 5.69 Å². The van der Waals surface area contributed by atoms with Crippen molar-refractivity contribution in [2.75, 3.05) is 19.4 Å². The lowest BCUT2D eigenvalue weighted by Crippen LogP contribution is -2.39. The number of amides is 2. The molecule has 0 spiro atoms. The van der Waals surface area contributed by atoms with Crippen LogP contribution in [-0.4, -0.2) is 62.8 Å². The van der Waals surface area contributed by atoms with Gasteiger partial charge in [-0.3, -0.25) is 14.4 Å². The van der Waals surface area contributed by atoms with Crippen LogP contribution in [0.1, 0.15) is 39.6 Å². The van der Waals surface area contributed by atoms with E-state index in [0.29, 0.717) is 30.2 Å². The van der Waals surface area contributed by atoms with Crippen LogP contribution in [0.2, 0.25) is 0 Å². The predicted octanol–water partition coefficient (Wildman–Crippen LogP) is 1.53. The molecule has 3 N–H and O–H groups in total. The van der Waals surface area contributed by atoms with E-state index in [1.165, 1.54) is 4.90 Å². The lowest BCUT2D eigenvalue weighted by Gasteiger charge is -2.19. The Morgan fingerprint density at radius 3 is 2.69 bits per heavy atom. The van der Waals surface area contributed by atoms with Gasteiger partial charge in [0.25, 0.3) is 5.91 Å². The fraction of sp³-hybridized carbons (Fsp3) is 0.400. The molecule has 1 aliphatic heterocycles. The molecule has 0 radical (unpaired) electrons. The van der Waals surface area contributed by atoms with E-state index in [9.17, 15) is 14.4 Å². The summed E-state index contributed by atoms with van der Waals surface area (Å²) >= 11 is 0. The molecule has 2 aromatic rings. The summed E-state index contributed by atoms with van der Waals surface area (Å²) in [5.41, 5.74) is 3.79. The van der Waals surface area contributed by atoms with Crippen LogP contribution < -0.4 is 5.32 Å². The van der Waals surface area contributed by atoms with Crippen LogP contribution in [0.25, 0.3) is 0 Å². The molecule has 1 aliphatic rings. The van der Waals surface area contributed by atoms with E-state index in [4.69, 9.17) is 5.11 Å². The van der Waals surface area contributed by atoms with Crippen LogP contribution in [0.5, 0.6) is 0 Å². The molecule has 0 bridgehead atoms. The number of fused-ring (bicyclic) bond motifs is 1. The number of nitrogens with one attached hydrogen (secondary N) is 2. The first-order valence-corrected chi connectivity index (χ1v) is 9.29. The Bertz CT molecular complexity index is 948. The third-order valence-corrected chi connectivity index (χ3v) is 5.05. The van der Waals surface area contributed by atoms with Gasteiger partial charge >= 0.3 is 5.97 Å². The van der Waals surface area contributed by atoms with E-state index in [-0.39, 0.29) is 18.2 Å². The maximum absolute atomic E-state index is 12.9. The highest BCUT2D eigenvalue weighted by Crippen LogP contribution is 2.25. The van der Waals surface area contributed by atoms with Gasteiger partial charge in [0.15, 0.2) is 0 Å². The Morgan fingerprint density at radius 1 is 1.34 bits per heavy atom. The Labute approximate surface area is 168 Å². The zero-order chi connectivity index (χ0) is 21.3. The zero-order valence-corrected chi connectivity index (χ0v) is 16.9. The molecule has 3 rings (SSSR count). The van der Waals surface area contributed by atoms with Crippen LogP contribution in [-0.2, 0) is 22.7 Å². The Hall–Kier alpha value is -3.36. The second-order valence-electron chi connectivity index (χ2n) is 7.42. The lowest BCUT2D eigenvalue weighted by molar-refractivity contribution is -0.141. The molecule has 154 valence electrons. The van der Waals surface area contributed by atoms with Crippen molar-refractivity contribution in [2.45, 2.75) is 39.4 Å². The summed E-state index contributed by atoms with van der Waals surface area (Å²) in [6, 6.07) is 4.30. The number of nitrogens with zero attached hydrogens (tertiary/aromatic N) is 3. The summed E-state index contributed by atoms with van der Waals surface area (Å²) in [4.78, 5) is 47.0. The quantitative estimate of drug-likeness (QED) is 0.702. The maximum atomic E-state index is 12.9. The Kier molecular flexibility index (Phi) is 5.58. The topological polar surface area (TPSA) is 119 Å². The molecule has 9 nitrogen and oxygen atoms in total. The van der Waals surface area contributed by atoms with Crippen molar-refractivity contribution < 1.29 is 19.5 Å². The SMILES string of the molecule is Cc1nc(CN(C)C(=O)c2ccc3c(c2)CN(C)C(=O)C(CC(=O)O)N3)[nH]c1C. The van der Waals surface area contributed by atoms with Gasteiger partial charge in [0, 0.05) is 37.6 Å². The summed E-state index contributed by atoms with van der Waals surface area (Å²) in [6.07, 6.45) is -0.311. The molecule has 0 saturated heterocycles. The fourth-order valence-corrected chi connectivity index (χ4v) is 3.37. The fourth-order valence-electron chi connectivity index (χ4n) is 3.37. The average molecular weight is 399 g/mol. The van der Waals surface area contributed by atoms with E-state index in [0.717, 1.165) is 17.0 Å². The number of likely N-dealkylation sites (N-methyl/N-ethyl adjacent to an activating group) is 1. The number of rotatable bonds is 5. The second-order valence-corrected chi connectivity index (χ2v) is 7.42. The molecule has 1 aromatic heterocycles. The first kappa shape index (κ1) is 20.4.